The fourth-order valence-electron chi connectivity index (χ4n) is 4.40. The molecule has 168 valence electrons. The van der Waals surface area contributed by atoms with Gasteiger partial charge in [0.15, 0.2) is 0 Å². The van der Waals surface area contributed by atoms with E-state index < -0.39 is 0 Å². The maximum absolute atomic E-state index is 9.72. The number of benzene rings is 4. The molecule has 0 bridgehead atoms. The van der Waals surface area contributed by atoms with E-state index in [0.717, 1.165) is 41.5 Å². The van der Waals surface area contributed by atoms with Gasteiger partial charge >= 0.3 is 0 Å². The molecule has 4 rings (SSSR count). The lowest BCUT2D eigenvalue weighted by Gasteiger charge is -2.22. The molecule has 0 fully saturated rings. The highest BCUT2D eigenvalue weighted by molar-refractivity contribution is 5.39. The predicted octanol–water partition coefficient (Wildman–Crippen LogP) is 6.64. The molecule has 4 aromatic carbocycles. The second kappa shape index (κ2) is 10.1. The van der Waals surface area contributed by atoms with Crippen molar-refractivity contribution in [2.75, 3.05) is 0 Å². The lowest BCUT2D eigenvalue weighted by molar-refractivity contribution is 0.474. The molecule has 4 heteroatoms. The Labute approximate surface area is 194 Å². The Kier molecular flexibility index (Phi) is 6.84. The topological polar surface area (TPSA) is 80.9 Å². The van der Waals surface area contributed by atoms with Crippen LogP contribution in [0.3, 0.4) is 0 Å². The van der Waals surface area contributed by atoms with E-state index in [1.165, 1.54) is 0 Å². The Morgan fingerprint density at radius 3 is 0.788 bits per heavy atom. The van der Waals surface area contributed by atoms with Gasteiger partial charge in [-0.1, -0.05) is 55.0 Å². The van der Waals surface area contributed by atoms with E-state index in [1.54, 1.807) is 48.5 Å². The van der Waals surface area contributed by atoms with Crippen LogP contribution in [0.5, 0.6) is 23.0 Å². The van der Waals surface area contributed by atoms with Crippen molar-refractivity contribution >= 4 is 0 Å². The molecule has 0 radical (unpaired) electrons. The highest BCUT2D eigenvalue weighted by atomic mass is 16.3. The van der Waals surface area contributed by atoms with E-state index in [9.17, 15) is 20.4 Å². The summed E-state index contributed by atoms with van der Waals surface area (Å²) in [4.78, 5) is 0. The number of hydrogen-bond donors (Lipinski definition) is 4. The van der Waals surface area contributed by atoms with Gasteiger partial charge < -0.3 is 20.4 Å². The van der Waals surface area contributed by atoms with Gasteiger partial charge in [0.2, 0.25) is 0 Å². The van der Waals surface area contributed by atoms with Crippen LogP contribution in [0.4, 0.5) is 0 Å². The van der Waals surface area contributed by atoms with Crippen LogP contribution in [0.2, 0.25) is 0 Å². The molecule has 0 spiro atoms. The van der Waals surface area contributed by atoms with Crippen molar-refractivity contribution in [3.05, 3.63) is 119 Å². The molecule has 0 aromatic heterocycles. The molecule has 0 atom stereocenters. The monoisotopic (exact) mass is 440 g/mol. The third-order valence-corrected chi connectivity index (χ3v) is 6.17. The predicted molar refractivity (Wildman–Crippen MR) is 130 cm³/mol. The number of hydrogen-bond acceptors (Lipinski definition) is 4. The van der Waals surface area contributed by atoms with Gasteiger partial charge in [0.25, 0.3) is 0 Å². The fraction of sp³-hybridized carbons (Fsp3) is 0.172. The minimum Gasteiger partial charge on any atom is -0.508 e. The zero-order valence-corrected chi connectivity index (χ0v) is 18.3. The normalized spacial score (nSPS) is 11.2. The van der Waals surface area contributed by atoms with Crippen molar-refractivity contribution in [2.24, 2.45) is 0 Å². The van der Waals surface area contributed by atoms with Gasteiger partial charge in [-0.2, -0.15) is 0 Å². The quantitative estimate of drug-likeness (QED) is 0.247. The number of aromatic hydroxyl groups is 4. The Balaban J connectivity index is 1.57. The minimum absolute atomic E-state index is 0.131. The molecule has 33 heavy (non-hydrogen) atoms. The van der Waals surface area contributed by atoms with Crippen LogP contribution in [0.25, 0.3) is 0 Å². The van der Waals surface area contributed by atoms with Crippen molar-refractivity contribution in [2.45, 2.75) is 31.1 Å². The van der Waals surface area contributed by atoms with Crippen molar-refractivity contribution in [3.8, 4) is 23.0 Å². The van der Waals surface area contributed by atoms with Crippen LogP contribution in [-0.2, 0) is 0 Å². The number of rotatable bonds is 8. The summed E-state index contributed by atoms with van der Waals surface area (Å²) < 4.78 is 0. The Bertz CT molecular complexity index is 962. The molecule has 4 N–H and O–H groups in total. The third-order valence-electron chi connectivity index (χ3n) is 6.17. The summed E-state index contributed by atoms with van der Waals surface area (Å²) in [5.41, 5.74) is 4.46. The maximum Gasteiger partial charge on any atom is 0.115 e. The van der Waals surface area contributed by atoms with Crippen molar-refractivity contribution in [3.63, 3.8) is 0 Å². The highest BCUT2D eigenvalue weighted by Gasteiger charge is 2.18. The van der Waals surface area contributed by atoms with Gasteiger partial charge in [-0.15, -0.1) is 0 Å². The van der Waals surface area contributed by atoms with Crippen LogP contribution in [0.1, 0.15) is 53.4 Å². The Morgan fingerprint density at radius 1 is 0.364 bits per heavy atom. The second-order valence-corrected chi connectivity index (χ2v) is 8.40. The third kappa shape index (κ3) is 5.66. The van der Waals surface area contributed by atoms with Gasteiger partial charge in [-0.25, -0.2) is 0 Å². The molecule has 0 heterocycles. The first kappa shape index (κ1) is 22.3. The molecule has 0 aliphatic carbocycles. The van der Waals surface area contributed by atoms with Crippen molar-refractivity contribution < 1.29 is 20.4 Å². The van der Waals surface area contributed by atoms with E-state index in [-0.39, 0.29) is 34.8 Å². The SMILES string of the molecule is Oc1ccc(C(CCCC(c2ccc(O)cc2)c2ccc(O)cc2)c2ccc(O)cc2)cc1. The van der Waals surface area contributed by atoms with Crippen LogP contribution >= 0.6 is 0 Å². The van der Waals surface area contributed by atoms with E-state index in [1.807, 2.05) is 48.5 Å². The first-order valence-corrected chi connectivity index (χ1v) is 11.2. The van der Waals surface area contributed by atoms with Crippen LogP contribution in [-0.4, -0.2) is 20.4 Å². The Hall–Kier alpha value is -3.92. The first-order valence-electron chi connectivity index (χ1n) is 11.2. The molecule has 4 nitrogen and oxygen atoms in total. The first-order chi connectivity index (χ1) is 16.0. The molecule has 0 saturated carbocycles. The van der Waals surface area contributed by atoms with Crippen molar-refractivity contribution in [1.29, 1.82) is 0 Å². The molecule has 0 saturated heterocycles. The van der Waals surface area contributed by atoms with Crippen LogP contribution in [0.15, 0.2) is 97.1 Å². The summed E-state index contributed by atoms with van der Waals surface area (Å²) in [5.74, 6) is 1.22. The van der Waals surface area contributed by atoms with Gasteiger partial charge in [0.05, 0.1) is 0 Å². The number of phenolic OH excluding ortho intramolecular Hbond substituents is 4. The lowest BCUT2D eigenvalue weighted by atomic mass is 9.82. The van der Waals surface area contributed by atoms with Gasteiger partial charge in [-0.3, -0.25) is 0 Å². The minimum atomic E-state index is 0.131. The smallest absolute Gasteiger partial charge is 0.115 e. The summed E-state index contributed by atoms with van der Waals surface area (Å²) in [5, 5.41) is 38.9. The molecule has 0 unspecified atom stereocenters. The molecule has 4 aromatic rings. The lowest BCUT2D eigenvalue weighted by Crippen LogP contribution is -2.05. The summed E-state index contributed by atoms with van der Waals surface area (Å²) in [7, 11) is 0. The number of phenols is 4. The molecule has 0 aliphatic heterocycles. The zero-order chi connectivity index (χ0) is 23.2. The standard InChI is InChI=1S/C29H28O4/c30-24-12-4-20(5-13-24)28(21-6-14-25(31)15-7-21)2-1-3-29(22-8-16-26(32)17-9-22)23-10-18-27(33)19-11-23/h4-19,28-33H,1-3H2. The highest BCUT2D eigenvalue weighted by Crippen LogP contribution is 2.36. The molecular weight excluding hydrogens is 412 g/mol. The molecule has 0 amide bonds. The average molecular weight is 441 g/mol. The summed E-state index contributed by atoms with van der Waals surface area (Å²) in [6.45, 7) is 0. The molecular formula is C29H28O4. The summed E-state index contributed by atoms with van der Waals surface area (Å²) in [6.07, 6.45) is 2.71. The van der Waals surface area contributed by atoms with E-state index in [4.69, 9.17) is 0 Å². The summed E-state index contributed by atoms with van der Waals surface area (Å²) in [6, 6.07) is 29.2. The van der Waals surface area contributed by atoms with E-state index in [2.05, 4.69) is 0 Å². The fourth-order valence-corrected chi connectivity index (χ4v) is 4.40. The van der Waals surface area contributed by atoms with Crippen LogP contribution < -0.4 is 0 Å². The zero-order valence-electron chi connectivity index (χ0n) is 18.3. The van der Waals surface area contributed by atoms with Gasteiger partial charge in [0.1, 0.15) is 23.0 Å². The summed E-state index contributed by atoms with van der Waals surface area (Å²) >= 11 is 0. The second-order valence-electron chi connectivity index (χ2n) is 8.40. The van der Waals surface area contributed by atoms with Gasteiger partial charge in [0, 0.05) is 11.8 Å². The van der Waals surface area contributed by atoms with Gasteiger partial charge in [-0.05, 0) is 83.6 Å². The maximum atomic E-state index is 9.72. The molecule has 0 aliphatic rings. The average Bonchev–Trinajstić information content (AvgIpc) is 2.82. The van der Waals surface area contributed by atoms with E-state index >= 15 is 0 Å². The Morgan fingerprint density at radius 2 is 0.576 bits per heavy atom. The van der Waals surface area contributed by atoms with Crippen molar-refractivity contribution in [1.82, 2.24) is 0 Å². The van der Waals surface area contributed by atoms with E-state index in [0.29, 0.717) is 0 Å². The largest absolute Gasteiger partial charge is 0.508 e. The van der Waals surface area contributed by atoms with Crippen LogP contribution in [0, 0.1) is 0 Å².